The average molecular weight is 330 g/mol. The van der Waals surface area contributed by atoms with Crippen LogP contribution in [0, 0.1) is 0 Å². The Bertz CT molecular complexity index is 749. The number of aryl methyl sites for hydroxylation is 1. The van der Waals surface area contributed by atoms with Gasteiger partial charge in [-0.15, -0.1) is 0 Å². The van der Waals surface area contributed by atoms with Gasteiger partial charge in [-0.2, -0.15) is 0 Å². The smallest absolute Gasteiger partial charge is 0.340 e. The van der Waals surface area contributed by atoms with Crippen molar-refractivity contribution in [2.24, 2.45) is 7.05 Å². The number of rotatable bonds is 6. The number of carbonyl (C=O) groups excluding carboxylic acids is 1. The molecule has 5 heteroatoms. The number of esters is 1. The van der Waals surface area contributed by atoms with Crippen LogP contribution in [0.3, 0.4) is 0 Å². The van der Waals surface area contributed by atoms with E-state index >= 15 is 0 Å². The molecule has 0 aliphatic carbocycles. The molecule has 0 saturated carbocycles. The second-order valence-electron chi connectivity index (χ2n) is 6.65. The molecule has 0 amide bonds. The van der Waals surface area contributed by atoms with Gasteiger partial charge in [0, 0.05) is 50.4 Å². The lowest BCUT2D eigenvalue weighted by atomic mass is 10.1. The normalized spacial score (nSPS) is 14.5. The van der Waals surface area contributed by atoms with Crippen LogP contribution < -0.4 is 0 Å². The van der Waals surface area contributed by atoms with Gasteiger partial charge in [-0.05, 0) is 44.0 Å². The van der Waals surface area contributed by atoms with E-state index in [9.17, 15) is 4.79 Å². The highest BCUT2D eigenvalue weighted by molar-refractivity contribution is 6.04. The van der Waals surface area contributed by atoms with Crippen LogP contribution in [-0.2, 0) is 29.6 Å². The Morgan fingerprint density at radius 2 is 1.96 bits per heavy atom. The summed E-state index contributed by atoms with van der Waals surface area (Å²) < 4.78 is 12.9. The monoisotopic (exact) mass is 330 g/mol. The number of hydrogen-bond acceptors (Lipinski definition) is 4. The topological polar surface area (TPSA) is 43.7 Å². The first kappa shape index (κ1) is 17.0. The van der Waals surface area contributed by atoms with Gasteiger partial charge in [0.05, 0.1) is 18.3 Å². The number of carbonyl (C=O) groups is 1. The third-order valence-corrected chi connectivity index (χ3v) is 4.42. The maximum absolute atomic E-state index is 12.4. The largest absolute Gasteiger partial charge is 0.459 e. The lowest BCUT2D eigenvalue weighted by Crippen LogP contribution is -2.21. The van der Waals surface area contributed by atoms with Gasteiger partial charge in [-0.3, -0.25) is 4.90 Å². The fourth-order valence-electron chi connectivity index (χ4n) is 3.29. The Morgan fingerprint density at radius 3 is 2.62 bits per heavy atom. The fourth-order valence-corrected chi connectivity index (χ4v) is 3.29. The van der Waals surface area contributed by atoms with E-state index in [0.717, 1.165) is 43.8 Å². The molecule has 0 unspecified atom stereocenters. The third-order valence-electron chi connectivity index (χ3n) is 4.42. The van der Waals surface area contributed by atoms with Crippen molar-refractivity contribution in [3.05, 3.63) is 35.0 Å². The van der Waals surface area contributed by atoms with Crippen LogP contribution >= 0.6 is 0 Å². The fraction of sp³-hybridized carbons (Fsp3) is 0.526. The van der Waals surface area contributed by atoms with E-state index in [1.54, 1.807) is 0 Å². The minimum absolute atomic E-state index is 0.115. The summed E-state index contributed by atoms with van der Waals surface area (Å²) in [4.78, 5) is 14.7. The first-order chi connectivity index (χ1) is 11.5. The molecule has 1 aliphatic heterocycles. The molecule has 24 heavy (non-hydrogen) atoms. The van der Waals surface area contributed by atoms with Crippen LogP contribution in [0.2, 0.25) is 0 Å². The number of ether oxygens (including phenoxy) is 2. The molecule has 1 aromatic heterocycles. The lowest BCUT2D eigenvalue weighted by Gasteiger charge is -2.13. The summed E-state index contributed by atoms with van der Waals surface area (Å²) in [7, 11) is 1.97. The van der Waals surface area contributed by atoms with Crippen LogP contribution in [-0.4, -0.2) is 41.3 Å². The highest BCUT2D eigenvalue weighted by Crippen LogP contribution is 2.30. The Morgan fingerprint density at radius 1 is 1.25 bits per heavy atom. The lowest BCUT2D eigenvalue weighted by molar-refractivity contribution is 0.0380. The van der Waals surface area contributed by atoms with Crippen molar-refractivity contribution in [2.45, 2.75) is 40.0 Å². The van der Waals surface area contributed by atoms with E-state index in [1.807, 2.05) is 38.6 Å². The predicted molar refractivity (Wildman–Crippen MR) is 94.1 cm³/mol. The molecule has 0 N–H and O–H groups in total. The third kappa shape index (κ3) is 3.32. The Hall–Kier alpha value is -1.85. The van der Waals surface area contributed by atoms with Gasteiger partial charge in [0.25, 0.3) is 0 Å². The van der Waals surface area contributed by atoms with E-state index < -0.39 is 0 Å². The second kappa shape index (κ2) is 6.95. The second-order valence-corrected chi connectivity index (χ2v) is 6.65. The van der Waals surface area contributed by atoms with E-state index in [1.165, 1.54) is 11.1 Å². The summed E-state index contributed by atoms with van der Waals surface area (Å²) in [6.07, 6.45) is 1.76. The quantitative estimate of drug-likeness (QED) is 0.603. The molecule has 3 rings (SSSR count). The van der Waals surface area contributed by atoms with Crippen molar-refractivity contribution < 1.29 is 14.3 Å². The highest BCUT2D eigenvalue weighted by atomic mass is 16.5. The molecule has 2 heterocycles. The van der Waals surface area contributed by atoms with Crippen molar-refractivity contribution in [3.63, 3.8) is 0 Å². The first-order valence-corrected chi connectivity index (χ1v) is 8.61. The summed E-state index contributed by atoms with van der Waals surface area (Å²) in [5, 5.41) is 0.980. The number of hydrogen-bond donors (Lipinski definition) is 0. The number of aromatic nitrogens is 1. The van der Waals surface area contributed by atoms with Crippen molar-refractivity contribution >= 4 is 16.9 Å². The van der Waals surface area contributed by atoms with Gasteiger partial charge >= 0.3 is 5.97 Å². The van der Waals surface area contributed by atoms with Crippen LogP contribution in [0.1, 0.15) is 42.3 Å². The van der Waals surface area contributed by atoms with E-state index in [-0.39, 0.29) is 12.1 Å². The summed E-state index contributed by atoms with van der Waals surface area (Å²) in [5.41, 5.74) is 4.36. The van der Waals surface area contributed by atoms with Gasteiger partial charge in [-0.25, -0.2) is 4.79 Å². The molecule has 5 nitrogen and oxygen atoms in total. The molecule has 2 aromatic rings. The van der Waals surface area contributed by atoms with Gasteiger partial charge in [-0.1, -0.05) is 0 Å². The molecule has 0 saturated heterocycles. The van der Waals surface area contributed by atoms with Gasteiger partial charge in [0.1, 0.15) is 0 Å². The number of nitrogens with zero attached hydrogens (tertiary/aromatic N) is 2. The molecule has 1 aliphatic rings. The van der Waals surface area contributed by atoms with Crippen molar-refractivity contribution in [1.29, 1.82) is 0 Å². The molecular weight excluding hydrogens is 304 g/mol. The zero-order valence-corrected chi connectivity index (χ0v) is 15.0. The molecule has 0 bridgehead atoms. The van der Waals surface area contributed by atoms with E-state index in [4.69, 9.17) is 9.47 Å². The van der Waals surface area contributed by atoms with E-state index in [2.05, 4.69) is 17.0 Å². The maximum atomic E-state index is 12.4. The van der Waals surface area contributed by atoms with Gasteiger partial charge < -0.3 is 14.0 Å². The molecule has 1 aromatic carbocycles. The van der Waals surface area contributed by atoms with Crippen molar-refractivity contribution in [1.82, 2.24) is 9.47 Å². The SMILES string of the molecule is CCOCCN1Cc2cc3c(C(=O)OC(C)C)cn(C)c3cc2C1. The number of benzene rings is 1. The Labute approximate surface area is 143 Å². The zero-order chi connectivity index (χ0) is 17.3. The van der Waals surface area contributed by atoms with E-state index in [0.29, 0.717) is 5.56 Å². The first-order valence-electron chi connectivity index (χ1n) is 8.61. The van der Waals surface area contributed by atoms with Gasteiger partial charge in [0.2, 0.25) is 0 Å². The standard InChI is InChI=1S/C19H26N2O3/c1-5-23-7-6-21-10-14-8-16-17(19(22)24-13(2)3)12-20(4)18(16)9-15(14)11-21/h8-9,12-13H,5-7,10-11H2,1-4H3. The maximum Gasteiger partial charge on any atom is 0.340 e. The molecule has 0 spiro atoms. The molecule has 0 fully saturated rings. The minimum Gasteiger partial charge on any atom is -0.459 e. The van der Waals surface area contributed by atoms with Crippen LogP contribution in [0.15, 0.2) is 18.3 Å². The average Bonchev–Trinajstić information content (AvgIpc) is 3.05. The molecule has 0 radical (unpaired) electrons. The minimum atomic E-state index is -0.248. The predicted octanol–water partition coefficient (Wildman–Crippen LogP) is 3.10. The highest BCUT2D eigenvalue weighted by Gasteiger charge is 2.23. The molecule has 130 valence electrons. The summed E-state index contributed by atoms with van der Waals surface area (Å²) in [6.45, 7) is 10.1. The van der Waals surface area contributed by atoms with Crippen LogP contribution in [0.25, 0.3) is 10.9 Å². The molecule has 0 atom stereocenters. The zero-order valence-electron chi connectivity index (χ0n) is 15.0. The van der Waals surface area contributed by atoms with Crippen LogP contribution in [0.4, 0.5) is 0 Å². The van der Waals surface area contributed by atoms with Crippen LogP contribution in [0.5, 0.6) is 0 Å². The Balaban J connectivity index is 1.87. The summed E-state index contributed by atoms with van der Waals surface area (Å²) in [5.74, 6) is -0.248. The Kier molecular flexibility index (Phi) is 4.92. The van der Waals surface area contributed by atoms with Crippen molar-refractivity contribution in [3.8, 4) is 0 Å². The number of fused-ring (bicyclic) bond motifs is 2. The molecular formula is C19H26N2O3. The van der Waals surface area contributed by atoms with Crippen molar-refractivity contribution in [2.75, 3.05) is 19.8 Å². The summed E-state index contributed by atoms with van der Waals surface area (Å²) >= 11 is 0. The summed E-state index contributed by atoms with van der Waals surface area (Å²) in [6, 6.07) is 4.36. The van der Waals surface area contributed by atoms with Gasteiger partial charge in [0.15, 0.2) is 0 Å².